The first-order valence-electron chi connectivity index (χ1n) is 10.2. The highest BCUT2D eigenvalue weighted by Crippen LogP contribution is 2.35. The highest BCUT2D eigenvalue weighted by Gasteiger charge is 2.18. The minimum absolute atomic E-state index is 0.303. The summed E-state index contributed by atoms with van der Waals surface area (Å²) in [5, 5.41) is 16.8. The number of carbonyl (C=O) groups excluding carboxylic acids is 1. The minimum Gasteiger partial charge on any atom is -0.490 e. The van der Waals surface area contributed by atoms with E-state index in [1.807, 2.05) is 44.5 Å². The van der Waals surface area contributed by atoms with Crippen molar-refractivity contribution in [1.29, 1.82) is 0 Å². The lowest BCUT2D eigenvalue weighted by molar-refractivity contribution is 0.102. The zero-order valence-corrected chi connectivity index (χ0v) is 18.7. The molecule has 0 unspecified atom stereocenters. The summed E-state index contributed by atoms with van der Waals surface area (Å²) in [4.78, 5) is 17.3. The molecule has 0 bridgehead atoms. The van der Waals surface area contributed by atoms with E-state index in [2.05, 4.69) is 25.6 Å². The van der Waals surface area contributed by atoms with Gasteiger partial charge in [0.15, 0.2) is 16.6 Å². The molecule has 5 rings (SSSR count). The predicted molar refractivity (Wildman–Crippen MR) is 121 cm³/mol. The van der Waals surface area contributed by atoms with Gasteiger partial charge in [-0.1, -0.05) is 0 Å². The third-order valence-corrected chi connectivity index (χ3v) is 6.11. The van der Waals surface area contributed by atoms with E-state index in [0.717, 1.165) is 40.4 Å². The number of aromatic nitrogens is 5. The lowest BCUT2D eigenvalue weighted by atomic mass is 10.1. The molecule has 0 saturated heterocycles. The van der Waals surface area contributed by atoms with Gasteiger partial charge in [-0.3, -0.25) is 19.9 Å². The summed E-state index contributed by atoms with van der Waals surface area (Å²) in [6.07, 6.45) is 0.853. The van der Waals surface area contributed by atoms with Crippen molar-refractivity contribution in [2.24, 2.45) is 7.05 Å². The smallest absolute Gasteiger partial charge is 0.275 e. The number of H-pyrrole nitrogens is 1. The Hall–Kier alpha value is -3.66. The first-order chi connectivity index (χ1) is 15.5. The fourth-order valence-corrected chi connectivity index (χ4v) is 4.38. The minimum atomic E-state index is -0.303. The Labute approximate surface area is 188 Å². The summed E-state index contributed by atoms with van der Waals surface area (Å²) >= 11 is 1.36. The van der Waals surface area contributed by atoms with Crippen LogP contribution >= 0.6 is 11.3 Å². The molecule has 4 aromatic rings. The molecular formula is C22H22N6O3S. The molecule has 0 atom stereocenters. The number of nitrogens with one attached hydrogen (secondary N) is 2. The maximum atomic E-state index is 12.7. The number of thiazole rings is 1. The second kappa shape index (κ2) is 8.12. The van der Waals surface area contributed by atoms with Crippen LogP contribution in [0.1, 0.15) is 28.3 Å². The Kier molecular flexibility index (Phi) is 5.14. The summed E-state index contributed by atoms with van der Waals surface area (Å²) < 4.78 is 13.2. The van der Waals surface area contributed by atoms with Crippen molar-refractivity contribution >= 4 is 22.4 Å². The van der Waals surface area contributed by atoms with Crippen LogP contribution in [0.5, 0.6) is 11.5 Å². The first-order valence-corrected chi connectivity index (χ1v) is 11.1. The van der Waals surface area contributed by atoms with E-state index in [1.54, 1.807) is 10.7 Å². The van der Waals surface area contributed by atoms with E-state index in [-0.39, 0.29) is 5.91 Å². The van der Waals surface area contributed by atoms with Crippen molar-refractivity contribution in [2.45, 2.75) is 20.3 Å². The Morgan fingerprint density at radius 2 is 1.97 bits per heavy atom. The van der Waals surface area contributed by atoms with Crippen LogP contribution in [0.4, 0.5) is 5.13 Å². The molecule has 0 fully saturated rings. The Bertz CT molecular complexity index is 1300. The zero-order chi connectivity index (χ0) is 22.2. The quantitative estimate of drug-likeness (QED) is 0.487. The number of aromatic amines is 1. The van der Waals surface area contributed by atoms with Gasteiger partial charge in [-0.2, -0.15) is 10.2 Å². The van der Waals surface area contributed by atoms with E-state index in [4.69, 9.17) is 9.47 Å². The van der Waals surface area contributed by atoms with Gasteiger partial charge in [-0.15, -0.1) is 11.3 Å². The highest BCUT2D eigenvalue weighted by atomic mass is 32.1. The normalized spacial score (nSPS) is 13.1. The predicted octanol–water partition coefficient (Wildman–Crippen LogP) is 3.96. The number of rotatable bonds is 4. The van der Waals surface area contributed by atoms with Crippen molar-refractivity contribution in [1.82, 2.24) is 25.0 Å². The number of anilines is 1. The number of aryl methyl sites for hydroxylation is 2. The summed E-state index contributed by atoms with van der Waals surface area (Å²) in [5.74, 6) is 1.15. The lowest BCUT2D eigenvalue weighted by Gasteiger charge is -2.08. The molecule has 0 radical (unpaired) electrons. The molecule has 9 nitrogen and oxygen atoms in total. The van der Waals surface area contributed by atoms with Crippen LogP contribution in [-0.2, 0) is 7.05 Å². The summed E-state index contributed by atoms with van der Waals surface area (Å²) in [6, 6.07) is 7.47. The van der Waals surface area contributed by atoms with Gasteiger partial charge in [0.1, 0.15) is 5.69 Å². The molecule has 10 heteroatoms. The molecule has 164 valence electrons. The van der Waals surface area contributed by atoms with Crippen molar-refractivity contribution < 1.29 is 14.3 Å². The molecule has 1 aliphatic heterocycles. The van der Waals surface area contributed by atoms with E-state index in [0.29, 0.717) is 35.5 Å². The number of fused-ring (bicyclic) bond motifs is 1. The van der Waals surface area contributed by atoms with Crippen LogP contribution in [-0.4, -0.2) is 44.1 Å². The van der Waals surface area contributed by atoms with Gasteiger partial charge in [0, 0.05) is 35.7 Å². The molecule has 1 aromatic carbocycles. The zero-order valence-electron chi connectivity index (χ0n) is 17.9. The van der Waals surface area contributed by atoms with Crippen molar-refractivity contribution in [3.8, 4) is 34.0 Å². The molecule has 1 aliphatic rings. The van der Waals surface area contributed by atoms with Crippen LogP contribution in [0.15, 0.2) is 29.6 Å². The second-order valence-corrected chi connectivity index (χ2v) is 8.40. The fraction of sp³-hybridized carbons (Fsp3) is 0.273. The molecule has 3 aromatic heterocycles. The van der Waals surface area contributed by atoms with Gasteiger partial charge in [0.2, 0.25) is 0 Å². The summed E-state index contributed by atoms with van der Waals surface area (Å²) in [7, 11) is 1.88. The third-order valence-electron chi connectivity index (χ3n) is 5.36. The summed E-state index contributed by atoms with van der Waals surface area (Å²) in [5.41, 5.74) is 5.48. The van der Waals surface area contributed by atoms with Gasteiger partial charge in [0.25, 0.3) is 5.91 Å². The van der Waals surface area contributed by atoms with Crippen LogP contribution < -0.4 is 14.8 Å². The second-order valence-electron chi connectivity index (χ2n) is 7.54. The van der Waals surface area contributed by atoms with Gasteiger partial charge < -0.3 is 9.47 Å². The first kappa shape index (κ1) is 20.3. The Morgan fingerprint density at radius 3 is 2.75 bits per heavy atom. The molecule has 32 heavy (non-hydrogen) atoms. The van der Waals surface area contributed by atoms with Gasteiger partial charge in [-0.05, 0) is 38.1 Å². The van der Waals surface area contributed by atoms with Crippen LogP contribution in [0.25, 0.3) is 22.5 Å². The lowest BCUT2D eigenvalue weighted by Crippen LogP contribution is -2.12. The molecule has 4 heterocycles. The van der Waals surface area contributed by atoms with Crippen molar-refractivity contribution in [2.75, 3.05) is 18.5 Å². The van der Waals surface area contributed by atoms with E-state index in [9.17, 15) is 4.79 Å². The summed E-state index contributed by atoms with van der Waals surface area (Å²) in [6.45, 7) is 5.17. The van der Waals surface area contributed by atoms with Gasteiger partial charge in [-0.25, -0.2) is 4.98 Å². The average molecular weight is 451 g/mol. The number of amides is 1. The number of hydrogen-bond acceptors (Lipinski definition) is 7. The molecular weight excluding hydrogens is 428 g/mol. The maximum absolute atomic E-state index is 12.7. The fourth-order valence-electron chi connectivity index (χ4n) is 3.66. The largest absolute Gasteiger partial charge is 0.490 e. The Balaban J connectivity index is 1.33. The molecule has 0 spiro atoms. The molecule has 1 amide bonds. The number of nitrogens with zero attached hydrogens (tertiary/aromatic N) is 4. The van der Waals surface area contributed by atoms with Crippen LogP contribution in [0.2, 0.25) is 0 Å². The van der Waals surface area contributed by atoms with E-state index >= 15 is 0 Å². The van der Waals surface area contributed by atoms with Crippen LogP contribution in [0, 0.1) is 13.8 Å². The van der Waals surface area contributed by atoms with Crippen LogP contribution in [0.3, 0.4) is 0 Å². The molecule has 0 aliphatic carbocycles. The topological polar surface area (TPSA) is 107 Å². The number of ether oxygens (including phenoxy) is 2. The molecule has 0 saturated carbocycles. The Morgan fingerprint density at radius 1 is 1.16 bits per heavy atom. The highest BCUT2D eigenvalue weighted by molar-refractivity contribution is 7.14. The number of hydrogen-bond donors (Lipinski definition) is 2. The standard InChI is InChI=1S/C22H22N6O3S/c1-12-20(13(2)28(3)27-12)15-10-16(26-25-15)21(29)24-22-23-17(11-32-22)14-5-6-18-19(9-14)31-8-4-7-30-18/h5-6,9-11H,4,7-8H2,1-3H3,(H,25,26)(H,23,24,29). The van der Waals surface area contributed by atoms with Gasteiger partial charge >= 0.3 is 0 Å². The average Bonchev–Trinajstić information content (AvgIpc) is 3.44. The van der Waals surface area contributed by atoms with Crippen molar-refractivity contribution in [3.05, 3.63) is 46.7 Å². The number of carbonyl (C=O) groups is 1. The monoisotopic (exact) mass is 450 g/mol. The van der Waals surface area contributed by atoms with E-state index < -0.39 is 0 Å². The number of benzene rings is 1. The van der Waals surface area contributed by atoms with Crippen molar-refractivity contribution in [3.63, 3.8) is 0 Å². The van der Waals surface area contributed by atoms with E-state index in [1.165, 1.54) is 11.3 Å². The SMILES string of the molecule is Cc1nn(C)c(C)c1-c1cc(C(=O)Nc2nc(-c3ccc4c(c3)OCCCO4)cs2)[nH]n1. The third kappa shape index (κ3) is 3.73. The maximum Gasteiger partial charge on any atom is 0.275 e. The molecule has 2 N–H and O–H groups in total. The van der Waals surface area contributed by atoms with Gasteiger partial charge in [0.05, 0.1) is 30.3 Å².